The third-order valence-electron chi connectivity index (χ3n) is 2.54. The minimum atomic E-state index is -0.262. The molecule has 1 atom stereocenters. The third-order valence-corrected chi connectivity index (χ3v) is 2.54. The zero-order chi connectivity index (χ0) is 10.1. The smallest absolute Gasteiger partial charge is 0.0639 e. The van der Waals surface area contributed by atoms with Gasteiger partial charge in [0, 0.05) is 25.3 Å². The van der Waals surface area contributed by atoms with Gasteiger partial charge in [-0.15, -0.1) is 0 Å². The molecule has 3 heteroatoms. The molecule has 1 aromatic rings. The Morgan fingerprint density at radius 1 is 1.43 bits per heavy atom. The van der Waals surface area contributed by atoms with E-state index in [1.54, 1.807) is 0 Å². The minimum Gasteiger partial charge on any atom is -0.399 e. The van der Waals surface area contributed by atoms with E-state index in [1.807, 2.05) is 19.1 Å². The summed E-state index contributed by atoms with van der Waals surface area (Å²) in [5.41, 5.74) is 9.16. The summed E-state index contributed by atoms with van der Waals surface area (Å²) >= 11 is 0. The van der Waals surface area contributed by atoms with Crippen LogP contribution in [0.2, 0.25) is 0 Å². The lowest BCUT2D eigenvalue weighted by atomic mass is 10.1. The Balaban J connectivity index is 2.10. The molecule has 0 bridgehead atoms. The van der Waals surface area contributed by atoms with Gasteiger partial charge in [-0.05, 0) is 30.2 Å². The number of nitrogens with two attached hydrogens (primary N) is 1. The van der Waals surface area contributed by atoms with Gasteiger partial charge in [-0.3, -0.25) is 4.90 Å². The molecule has 0 spiro atoms. The van der Waals surface area contributed by atoms with Crippen molar-refractivity contribution in [2.24, 2.45) is 0 Å². The van der Waals surface area contributed by atoms with E-state index in [9.17, 15) is 5.11 Å². The lowest BCUT2D eigenvalue weighted by molar-refractivity contribution is 0.126. The first-order valence-corrected chi connectivity index (χ1v) is 4.93. The number of nitrogens with zero attached hydrogens (tertiary/aromatic N) is 1. The topological polar surface area (TPSA) is 49.5 Å². The molecule has 0 aliphatic carbocycles. The number of β-amino-alcohol motifs (C(OH)–C–C–N with tert-alkyl or cyclic N) is 1. The van der Waals surface area contributed by atoms with Crippen LogP contribution in [0.4, 0.5) is 5.69 Å². The van der Waals surface area contributed by atoms with E-state index in [0.29, 0.717) is 0 Å². The van der Waals surface area contributed by atoms with Crippen molar-refractivity contribution in [3.05, 3.63) is 29.3 Å². The van der Waals surface area contributed by atoms with Crippen LogP contribution in [-0.4, -0.2) is 22.7 Å². The molecule has 0 saturated carbocycles. The second-order valence-electron chi connectivity index (χ2n) is 4.05. The predicted octanol–water partition coefficient (Wildman–Crippen LogP) is 0.965. The highest BCUT2D eigenvalue weighted by Crippen LogP contribution is 2.24. The largest absolute Gasteiger partial charge is 0.399 e. The summed E-state index contributed by atoms with van der Waals surface area (Å²) in [6, 6.07) is 6.04. The highest BCUT2D eigenvalue weighted by molar-refractivity contribution is 5.46. The van der Waals surface area contributed by atoms with E-state index >= 15 is 0 Å². The van der Waals surface area contributed by atoms with Gasteiger partial charge in [0.05, 0.1) is 6.10 Å². The van der Waals surface area contributed by atoms with Gasteiger partial charge in [0.2, 0.25) is 0 Å². The van der Waals surface area contributed by atoms with Gasteiger partial charge in [0.25, 0.3) is 0 Å². The van der Waals surface area contributed by atoms with Crippen molar-refractivity contribution < 1.29 is 5.11 Å². The fourth-order valence-electron chi connectivity index (χ4n) is 1.99. The standard InChI is InChI=1S/C11H16N2O/c1-8(14)5-13-6-9-2-3-11(12)4-10(9)7-13/h2-4,8,14H,5-7,12H2,1H3. The van der Waals surface area contributed by atoms with Gasteiger partial charge >= 0.3 is 0 Å². The molecule has 0 fully saturated rings. The molecule has 76 valence electrons. The summed E-state index contributed by atoms with van der Waals surface area (Å²) in [5.74, 6) is 0. The first kappa shape index (κ1) is 9.49. The molecule has 2 rings (SSSR count). The maximum absolute atomic E-state index is 9.28. The Labute approximate surface area is 84.1 Å². The highest BCUT2D eigenvalue weighted by Gasteiger charge is 2.19. The number of rotatable bonds is 2. The van der Waals surface area contributed by atoms with E-state index in [2.05, 4.69) is 11.0 Å². The fourth-order valence-corrected chi connectivity index (χ4v) is 1.99. The first-order chi connectivity index (χ1) is 6.65. The van der Waals surface area contributed by atoms with Crippen LogP contribution in [0.1, 0.15) is 18.1 Å². The highest BCUT2D eigenvalue weighted by atomic mass is 16.3. The summed E-state index contributed by atoms with van der Waals surface area (Å²) in [5, 5.41) is 9.28. The summed E-state index contributed by atoms with van der Waals surface area (Å²) in [6.07, 6.45) is -0.262. The molecule has 1 aromatic carbocycles. The average molecular weight is 192 g/mol. The van der Waals surface area contributed by atoms with Gasteiger partial charge < -0.3 is 10.8 Å². The summed E-state index contributed by atoms with van der Waals surface area (Å²) < 4.78 is 0. The Morgan fingerprint density at radius 2 is 2.14 bits per heavy atom. The Kier molecular flexibility index (Phi) is 2.44. The van der Waals surface area contributed by atoms with Crippen molar-refractivity contribution in [1.29, 1.82) is 0 Å². The average Bonchev–Trinajstić information content (AvgIpc) is 2.44. The molecule has 0 saturated heterocycles. The van der Waals surface area contributed by atoms with Crippen molar-refractivity contribution in [2.45, 2.75) is 26.1 Å². The third kappa shape index (κ3) is 1.89. The summed E-state index contributed by atoms with van der Waals surface area (Å²) in [6.45, 7) is 4.39. The van der Waals surface area contributed by atoms with Crippen molar-refractivity contribution in [2.75, 3.05) is 12.3 Å². The number of nitrogen functional groups attached to an aromatic ring is 1. The summed E-state index contributed by atoms with van der Waals surface area (Å²) in [4.78, 5) is 2.23. The van der Waals surface area contributed by atoms with Crippen LogP contribution < -0.4 is 5.73 Å². The van der Waals surface area contributed by atoms with E-state index < -0.39 is 0 Å². The number of fused-ring (bicyclic) bond motifs is 1. The quantitative estimate of drug-likeness (QED) is 0.686. The molecule has 0 amide bonds. The normalized spacial score (nSPS) is 18.1. The van der Waals surface area contributed by atoms with Gasteiger partial charge in [-0.2, -0.15) is 0 Å². The van der Waals surface area contributed by atoms with E-state index in [-0.39, 0.29) is 6.10 Å². The van der Waals surface area contributed by atoms with Crippen LogP contribution in [-0.2, 0) is 13.1 Å². The molecule has 0 radical (unpaired) electrons. The number of hydrogen-bond acceptors (Lipinski definition) is 3. The SMILES string of the molecule is CC(O)CN1Cc2ccc(N)cc2C1. The molecular formula is C11H16N2O. The fraction of sp³-hybridized carbons (Fsp3) is 0.455. The van der Waals surface area contributed by atoms with Gasteiger partial charge in [0.1, 0.15) is 0 Å². The number of anilines is 1. The Morgan fingerprint density at radius 3 is 2.86 bits per heavy atom. The zero-order valence-corrected chi connectivity index (χ0v) is 8.40. The minimum absolute atomic E-state index is 0.262. The second kappa shape index (κ2) is 3.59. The lowest BCUT2D eigenvalue weighted by Crippen LogP contribution is -2.25. The molecule has 1 heterocycles. The lowest BCUT2D eigenvalue weighted by Gasteiger charge is -2.16. The van der Waals surface area contributed by atoms with Crippen LogP contribution in [0, 0.1) is 0 Å². The number of hydrogen-bond donors (Lipinski definition) is 2. The molecule has 14 heavy (non-hydrogen) atoms. The van der Waals surface area contributed by atoms with Crippen molar-refractivity contribution in [3.8, 4) is 0 Å². The van der Waals surface area contributed by atoms with Crippen LogP contribution in [0.15, 0.2) is 18.2 Å². The van der Waals surface area contributed by atoms with Gasteiger partial charge in [-0.1, -0.05) is 6.07 Å². The number of benzene rings is 1. The first-order valence-electron chi connectivity index (χ1n) is 4.93. The van der Waals surface area contributed by atoms with Crippen LogP contribution in [0.25, 0.3) is 0 Å². The molecule has 1 unspecified atom stereocenters. The number of aliphatic hydroxyl groups is 1. The predicted molar refractivity (Wildman–Crippen MR) is 56.6 cm³/mol. The van der Waals surface area contributed by atoms with Crippen LogP contribution in [0.3, 0.4) is 0 Å². The van der Waals surface area contributed by atoms with E-state index in [0.717, 1.165) is 25.3 Å². The van der Waals surface area contributed by atoms with E-state index in [4.69, 9.17) is 5.73 Å². The van der Waals surface area contributed by atoms with Crippen molar-refractivity contribution >= 4 is 5.69 Å². The summed E-state index contributed by atoms with van der Waals surface area (Å²) in [7, 11) is 0. The Hall–Kier alpha value is -1.06. The van der Waals surface area contributed by atoms with Crippen molar-refractivity contribution in [3.63, 3.8) is 0 Å². The molecule has 1 aliphatic rings. The zero-order valence-electron chi connectivity index (χ0n) is 8.40. The van der Waals surface area contributed by atoms with Gasteiger partial charge in [0.15, 0.2) is 0 Å². The van der Waals surface area contributed by atoms with E-state index in [1.165, 1.54) is 11.1 Å². The van der Waals surface area contributed by atoms with Crippen LogP contribution >= 0.6 is 0 Å². The second-order valence-corrected chi connectivity index (χ2v) is 4.05. The molecule has 1 aliphatic heterocycles. The Bertz CT molecular complexity index is 336. The molecular weight excluding hydrogens is 176 g/mol. The molecule has 3 N–H and O–H groups in total. The molecule has 3 nitrogen and oxygen atoms in total. The number of aliphatic hydroxyl groups excluding tert-OH is 1. The van der Waals surface area contributed by atoms with Crippen molar-refractivity contribution in [1.82, 2.24) is 4.90 Å². The molecule has 0 aromatic heterocycles. The van der Waals surface area contributed by atoms with Crippen LogP contribution in [0.5, 0.6) is 0 Å². The maximum atomic E-state index is 9.28. The van der Waals surface area contributed by atoms with Gasteiger partial charge in [-0.25, -0.2) is 0 Å². The maximum Gasteiger partial charge on any atom is 0.0639 e. The monoisotopic (exact) mass is 192 g/mol.